The molecular weight excluding hydrogens is 240 g/mol. The van der Waals surface area contributed by atoms with E-state index in [2.05, 4.69) is 10.6 Å². The number of carbonyl (C=O) groups excluding carboxylic acids is 3. The van der Waals surface area contributed by atoms with Gasteiger partial charge in [0.25, 0.3) is 5.91 Å². The van der Waals surface area contributed by atoms with Crippen LogP contribution in [0.4, 0.5) is 0 Å². The van der Waals surface area contributed by atoms with Crippen LogP contribution in [0.15, 0.2) is 0 Å². The summed E-state index contributed by atoms with van der Waals surface area (Å²) in [5, 5.41) is 13.2. The minimum atomic E-state index is -0.836. The van der Waals surface area contributed by atoms with E-state index in [9.17, 15) is 14.4 Å². The molecule has 0 heterocycles. The fourth-order valence-corrected chi connectivity index (χ4v) is 1.28. The van der Waals surface area contributed by atoms with E-state index in [1.165, 1.54) is 5.48 Å². The van der Waals surface area contributed by atoms with Gasteiger partial charge in [-0.3, -0.25) is 19.6 Å². The molecule has 0 unspecified atom stereocenters. The number of carbonyl (C=O) groups is 3. The van der Waals surface area contributed by atoms with Gasteiger partial charge in [0.1, 0.15) is 6.04 Å². The second kappa shape index (κ2) is 8.43. The number of rotatable bonds is 7. The number of hydrogen-bond acceptors (Lipinski definition) is 5. The molecule has 8 heteroatoms. The third kappa shape index (κ3) is 6.81. The van der Waals surface area contributed by atoms with Gasteiger partial charge in [-0.2, -0.15) is 0 Å². The summed E-state index contributed by atoms with van der Waals surface area (Å²) in [7, 11) is 0. The van der Waals surface area contributed by atoms with Crippen LogP contribution in [0.1, 0.15) is 20.3 Å². The topological polar surface area (TPSA) is 134 Å². The van der Waals surface area contributed by atoms with Gasteiger partial charge in [-0.1, -0.05) is 13.8 Å². The molecule has 18 heavy (non-hydrogen) atoms. The molecule has 0 aliphatic carbocycles. The molecule has 0 aromatic heterocycles. The zero-order valence-electron chi connectivity index (χ0n) is 10.5. The Morgan fingerprint density at radius 2 is 1.83 bits per heavy atom. The number of hydroxylamine groups is 1. The van der Waals surface area contributed by atoms with E-state index in [1.54, 1.807) is 0 Å². The molecule has 6 N–H and O–H groups in total. The van der Waals surface area contributed by atoms with Gasteiger partial charge in [0.2, 0.25) is 11.8 Å². The van der Waals surface area contributed by atoms with E-state index in [1.807, 2.05) is 13.8 Å². The fraction of sp³-hybridized carbons (Fsp3) is 0.700. The summed E-state index contributed by atoms with van der Waals surface area (Å²) < 4.78 is 0. The van der Waals surface area contributed by atoms with Crippen LogP contribution in [0.5, 0.6) is 0 Å². The first-order valence-corrected chi connectivity index (χ1v) is 5.60. The Bertz CT molecular complexity index is 306. The van der Waals surface area contributed by atoms with E-state index in [-0.39, 0.29) is 19.0 Å². The van der Waals surface area contributed by atoms with Crippen LogP contribution in [-0.4, -0.2) is 42.1 Å². The Hall–Kier alpha value is -1.67. The van der Waals surface area contributed by atoms with Gasteiger partial charge in [-0.25, -0.2) is 5.48 Å². The maximum absolute atomic E-state index is 11.4. The summed E-state index contributed by atoms with van der Waals surface area (Å²) in [6.45, 7) is 3.28. The normalized spacial score (nSPS) is 11.8. The van der Waals surface area contributed by atoms with Crippen LogP contribution in [0.25, 0.3) is 0 Å². The average Bonchev–Trinajstić information content (AvgIpc) is 2.33. The predicted octanol–water partition coefficient (Wildman–Crippen LogP) is -1.90. The van der Waals surface area contributed by atoms with Gasteiger partial charge in [-0.05, 0) is 12.3 Å². The zero-order valence-corrected chi connectivity index (χ0v) is 10.5. The van der Waals surface area contributed by atoms with Gasteiger partial charge in [0.15, 0.2) is 0 Å². The van der Waals surface area contributed by atoms with Crippen LogP contribution in [0.2, 0.25) is 0 Å². The highest BCUT2D eigenvalue weighted by atomic mass is 16.5. The van der Waals surface area contributed by atoms with Crippen molar-refractivity contribution in [2.24, 2.45) is 11.7 Å². The Morgan fingerprint density at radius 3 is 2.28 bits per heavy atom. The van der Waals surface area contributed by atoms with E-state index >= 15 is 0 Å². The lowest BCUT2D eigenvalue weighted by atomic mass is 10.0. The SMILES string of the molecule is CC(C)C[C@H](NC(=O)CNC(=O)CN)C(=O)NO. The first-order chi connectivity index (χ1) is 8.40. The largest absolute Gasteiger partial charge is 0.346 e. The maximum atomic E-state index is 11.4. The molecule has 0 aliphatic rings. The van der Waals surface area contributed by atoms with Crippen molar-refractivity contribution in [3.8, 4) is 0 Å². The molecule has 0 spiro atoms. The van der Waals surface area contributed by atoms with Crippen molar-refractivity contribution in [3.63, 3.8) is 0 Å². The van der Waals surface area contributed by atoms with Gasteiger partial charge >= 0.3 is 0 Å². The summed E-state index contributed by atoms with van der Waals surface area (Å²) in [5.41, 5.74) is 6.55. The van der Waals surface area contributed by atoms with Gasteiger partial charge in [0, 0.05) is 0 Å². The van der Waals surface area contributed by atoms with Gasteiger partial charge in [0.05, 0.1) is 13.1 Å². The smallest absolute Gasteiger partial charge is 0.265 e. The summed E-state index contributed by atoms with van der Waals surface area (Å²) in [4.78, 5) is 33.6. The highest BCUT2D eigenvalue weighted by Gasteiger charge is 2.21. The first-order valence-electron chi connectivity index (χ1n) is 5.60. The van der Waals surface area contributed by atoms with Crippen molar-refractivity contribution in [1.29, 1.82) is 0 Å². The van der Waals surface area contributed by atoms with Crippen molar-refractivity contribution >= 4 is 17.7 Å². The molecule has 1 atom stereocenters. The van der Waals surface area contributed by atoms with Crippen LogP contribution >= 0.6 is 0 Å². The van der Waals surface area contributed by atoms with E-state index < -0.39 is 23.8 Å². The molecule has 0 saturated heterocycles. The first kappa shape index (κ1) is 16.3. The van der Waals surface area contributed by atoms with E-state index in [4.69, 9.17) is 10.9 Å². The maximum Gasteiger partial charge on any atom is 0.265 e. The van der Waals surface area contributed by atoms with Crippen LogP contribution in [0, 0.1) is 5.92 Å². The summed E-state index contributed by atoms with van der Waals surface area (Å²) >= 11 is 0. The lowest BCUT2D eigenvalue weighted by Crippen LogP contribution is -2.49. The van der Waals surface area contributed by atoms with Crippen molar-refractivity contribution in [2.45, 2.75) is 26.3 Å². The predicted molar refractivity (Wildman–Crippen MR) is 63.4 cm³/mol. The van der Waals surface area contributed by atoms with Crippen molar-refractivity contribution < 1.29 is 19.6 Å². The molecule has 0 rings (SSSR count). The third-order valence-electron chi connectivity index (χ3n) is 2.10. The van der Waals surface area contributed by atoms with Crippen LogP contribution < -0.4 is 21.8 Å². The summed E-state index contributed by atoms with van der Waals surface area (Å²) in [6.07, 6.45) is 0.378. The van der Waals surface area contributed by atoms with Crippen LogP contribution in [-0.2, 0) is 14.4 Å². The quantitative estimate of drug-likeness (QED) is 0.269. The van der Waals surface area contributed by atoms with Crippen molar-refractivity contribution in [3.05, 3.63) is 0 Å². The minimum Gasteiger partial charge on any atom is -0.346 e. The Kier molecular flexibility index (Phi) is 7.64. The molecule has 0 fully saturated rings. The molecule has 0 saturated carbocycles. The second-order valence-corrected chi connectivity index (χ2v) is 4.21. The Labute approximate surface area is 105 Å². The third-order valence-corrected chi connectivity index (χ3v) is 2.10. The highest BCUT2D eigenvalue weighted by Crippen LogP contribution is 2.04. The fourth-order valence-electron chi connectivity index (χ4n) is 1.28. The van der Waals surface area contributed by atoms with Crippen LogP contribution in [0.3, 0.4) is 0 Å². The molecule has 0 aromatic rings. The second-order valence-electron chi connectivity index (χ2n) is 4.21. The lowest BCUT2D eigenvalue weighted by molar-refractivity contribution is -0.135. The molecule has 0 radical (unpaired) electrons. The molecule has 0 aromatic carbocycles. The van der Waals surface area contributed by atoms with Crippen molar-refractivity contribution in [1.82, 2.24) is 16.1 Å². The number of nitrogens with one attached hydrogen (secondary N) is 3. The molecule has 8 nitrogen and oxygen atoms in total. The average molecular weight is 260 g/mol. The Morgan fingerprint density at radius 1 is 1.22 bits per heavy atom. The Balaban J connectivity index is 4.26. The lowest BCUT2D eigenvalue weighted by Gasteiger charge is -2.18. The molecular formula is C10H20N4O4. The number of nitrogens with two attached hydrogens (primary N) is 1. The minimum absolute atomic E-state index is 0.159. The van der Waals surface area contributed by atoms with Gasteiger partial charge in [-0.15, -0.1) is 0 Å². The summed E-state index contributed by atoms with van der Waals surface area (Å²) in [5.74, 6) is -1.52. The molecule has 0 bridgehead atoms. The monoisotopic (exact) mass is 260 g/mol. The van der Waals surface area contributed by atoms with E-state index in [0.717, 1.165) is 0 Å². The van der Waals surface area contributed by atoms with E-state index in [0.29, 0.717) is 6.42 Å². The summed E-state index contributed by atoms with van der Waals surface area (Å²) in [6, 6.07) is -0.836. The number of hydrogen-bond donors (Lipinski definition) is 5. The van der Waals surface area contributed by atoms with Gasteiger partial charge < -0.3 is 16.4 Å². The molecule has 3 amide bonds. The zero-order chi connectivity index (χ0) is 14.1. The molecule has 0 aliphatic heterocycles. The van der Waals surface area contributed by atoms with Crippen molar-refractivity contribution in [2.75, 3.05) is 13.1 Å². The highest BCUT2D eigenvalue weighted by molar-refractivity contribution is 5.89. The molecule has 104 valence electrons. The number of amides is 3. The standard InChI is InChI=1S/C10H20N4O4/c1-6(2)3-7(10(17)14-18)13-9(16)5-12-8(15)4-11/h6-7,18H,3-5,11H2,1-2H3,(H,12,15)(H,13,16)(H,14,17)/t7-/m0/s1.